The minimum Gasteiger partial charge on any atom is -0.480 e. The molecule has 2 heterocycles. The van der Waals surface area contributed by atoms with Gasteiger partial charge >= 0.3 is 41.9 Å². The van der Waals surface area contributed by atoms with Crippen molar-refractivity contribution in [1.29, 1.82) is 0 Å². The molecule has 0 aromatic rings. The molecular weight excluding hydrogens is 904 g/mol. The number of halogens is 1. The second kappa shape index (κ2) is 32.7. The van der Waals surface area contributed by atoms with Gasteiger partial charge in [0.05, 0.1) is 32.3 Å². The molecule has 24 nitrogen and oxygen atoms in total. The number of alkyl carbamates (subject to hydrolysis) is 1. The summed E-state index contributed by atoms with van der Waals surface area (Å²) in [6, 6.07) is -2.27. The predicted octanol–water partition coefficient (Wildman–Crippen LogP) is -1.73. The number of ether oxygens (including phenoxy) is 3. The number of carbonyl (C=O) groups excluding carboxylic acids is 3. The highest BCUT2D eigenvalue weighted by Crippen LogP contribution is 2.10. The van der Waals surface area contributed by atoms with E-state index in [0.717, 1.165) is 0 Å². The molecule has 25 heteroatoms. The quantitative estimate of drug-likeness (QED) is 0.0629. The van der Waals surface area contributed by atoms with Crippen molar-refractivity contribution in [2.24, 2.45) is 5.73 Å². The second-order valence-corrected chi connectivity index (χ2v) is 18.6. The Balaban J connectivity index is 0.00000140. The summed E-state index contributed by atoms with van der Waals surface area (Å²) in [4.78, 5) is 93.5. The van der Waals surface area contributed by atoms with E-state index in [1.807, 2.05) is 40.4 Å². The monoisotopic (exact) mass is 985 g/mol. The molecule has 2 aliphatic rings. The SMILES string of the molecule is CC(C)OC(=O)CN1CCNCCN(CC(=O)OC(C)(C)C)CCN(C[C@@H](NC(=O)OC(C)(C)C)C(=O)O)CC1.Cl.N[C@H](CN1CCN(CC(=O)O)CCNCCN(CC(=O)O)CC1)C(=O)O. The van der Waals surface area contributed by atoms with E-state index in [1.54, 1.807) is 44.4 Å². The fourth-order valence-corrected chi connectivity index (χ4v) is 6.67. The molecule has 2 saturated heterocycles. The van der Waals surface area contributed by atoms with E-state index >= 15 is 0 Å². The van der Waals surface area contributed by atoms with Gasteiger partial charge in [-0.1, -0.05) is 0 Å². The molecule has 0 aliphatic carbocycles. The predicted molar refractivity (Wildman–Crippen MR) is 250 cm³/mol. The van der Waals surface area contributed by atoms with Gasteiger partial charge in [-0.05, 0) is 55.4 Å². The molecule has 0 unspecified atom stereocenters. The third-order valence-corrected chi connectivity index (χ3v) is 9.76. The minimum absolute atomic E-state index is 0. The van der Waals surface area contributed by atoms with Gasteiger partial charge < -0.3 is 56.3 Å². The number of aliphatic carboxylic acids is 4. The zero-order valence-electron chi connectivity index (χ0n) is 40.8. The maximum absolute atomic E-state index is 12.5. The largest absolute Gasteiger partial charge is 0.480 e. The highest BCUT2D eigenvalue weighted by molar-refractivity contribution is 5.85. The van der Waals surface area contributed by atoms with Gasteiger partial charge in [-0.2, -0.15) is 0 Å². The number of nitrogens with two attached hydrogens (primary N) is 1. The zero-order valence-corrected chi connectivity index (χ0v) is 41.6. The van der Waals surface area contributed by atoms with Gasteiger partial charge in [0, 0.05) is 118 Å². The van der Waals surface area contributed by atoms with Gasteiger partial charge in [-0.3, -0.25) is 53.4 Å². The van der Waals surface area contributed by atoms with Gasteiger partial charge in [0.15, 0.2) is 0 Å². The number of nitrogens with one attached hydrogen (secondary N) is 3. The summed E-state index contributed by atoms with van der Waals surface area (Å²) in [7, 11) is 0. The summed E-state index contributed by atoms with van der Waals surface area (Å²) >= 11 is 0. The number of carboxylic acids is 4. The number of hydrogen-bond acceptors (Lipinski definition) is 19. The van der Waals surface area contributed by atoms with Crippen LogP contribution < -0.4 is 21.7 Å². The molecule has 0 aromatic carbocycles. The fourth-order valence-electron chi connectivity index (χ4n) is 6.67. The number of nitrogens with zero attached hydrogens (tertiary/aromatic N) is 6. The van der Waals surface area contributed by atoms with E-state index in [9.17, 15) is 38.7 Å². The molecule has 390 valence electrons. The molecular formula is C42H81ClN10O14. The number of carboxylic acid groups (broad SMARTS) is 4. The lowest BCUT2D eigenvalue weighted by molar-refractivity contribution is -0.156. The van der Waals surface area contributed by atoms with Gasteiger partial charge in [-0.25, -0.2) is 9.59 Å². The number of carbonyl (C=O) groups is 7. The van der Waals surface area contributed by atoms with Crippen molar-refractivity contribution in [3.05, 3.63) is 0 Å². The van der Waals surface area contributed by atoms with Crippen molar-refractivity contribution in [2.45, 2.75) is 84.8 Å². The topological polar surface area (TPSA) is 310 Å². The Morgan fingerprint density at radius 1 is 0.537 bits per heavy atom. The van der Waals surface area contributed by atoms with Crippen LogP contribution >= 0.6 is 12.4 Å². The lowest BCUT2D eigenvalue weighted by atomic mass is 10.2. The van der Waals surface area contributed by atoms with E-state index in [4.69, 9.17) is 35.3 Å². The zero-order chi connectivity index (χ0) is 50.0. The lowest BCUT2D eigenvalue weighted by Gasteiger charge is -2.33. The first-order valence-corrected chi connectivity index (χ1v) is 22.5. The molecule has 67 heavy (non-hydrogen) atoms. The maximum Gasteiger partial charge on any atom is 0.408 e. The van der Waals surface area contributed by atoms with Crippen molar-refractivity contribution >= 4 is 54.3 Å². The number of amides is 1. The van der Waals surface area contributed by atoms with Crippen LogP contribution in [0.25, 0.3) is 0 Å². The van der Waals surface area contributed by atoms with Gasteiger partial charge in [-0.15, -0.1) is 12.4 Å². The molecule has 0 radical (unpaired) electrons. The van der Waals surface area contributed by atoms with Crippen LogP contribution in [0.1, 0.15) is 55.4 Å². The lowest BCUT2D eigenvalue weighted by Crippen LogP contribution is -2.53. The maximum atomic E-state index is 12.5. The molecule has 9 N–H and O–H groups in total. The third kappa shape index (κ3) is 33.2. The summed E-state index contributed by atoms with van der Waals surface area (Å²) in [6.45, 7) is 22.5. The average molecular weight is 986 g/mol. The molecule has 2 atom stereocenters. The number of rotatable bonds is 16. The Kier molecular flexibility index (Phi) is 30.8. The molecule has 2 fully saturated rings. The molecule has 1 amide bonds. The number of hydrogen-bond donors (Lipinski definition) is 8. The Bertz CT molecular complexity index is 1490. The first kappa shape index (κ1) is 63.0. The van der Waals surface area contributed by atoms with Crippen LogP contribution in [0.15, 0.2) is 0 Å². The standard InChI is InChI=1S/C27H51N5O8.C15H29N5O6.ClH/c1-20(2)38-22(33)18-30-11-9-28-10-12-31(19-23(34)39-26(3,4)5)14-16-32(15-13-30)17-21(24(35)36)29-25(37)40-27(6,7)8;16-12(15(25)26)9-20-7-5-18(10-13(21)22)3-1-17-2-4-19(6-8-20)11-14(23)24;/h20-21,28H,9-19H2,1-8H3,(H,29,37)(H,35,36);12,17H,1-11,16H2,(H,21,22)(H,23,24)(H,25,26);1H/t21-;12-;/m11./s1. The molecule has 2 rings (SSSR count). The Hall–Kier alpha value is -3.98. The summed E-state index contributed by atoms with van der Waals surface area (Å²) < 4.78 is 16.1. The molecule has 0 spiro atoms. The van der Waals surface area contributed by atoms with Gasteiger partial charge in [0.2, 0.25) is 0 Å². The van der Waals surface area contributed by atoms with Crippen molar-refractivity contribution < 1.29 is 68.2 Å². The van der Waals surface area contributed by atoms with Crippen LogP contribution in [-0.4, -0.2) is 265 Å². The third-order valence-electron chi connectivity index (χ3n) is 9.76. The van der Waals surface area contributed by atoms with E-state index in [2.05, 4.69) is 16.0 Å². The van der Waals surface area contributed by atoms with E-state index in [-0.39, 0.29) is 69.7 Å². The van der Waals surface area contributed by atoms with Crippen LogP contribution in [0, 0.1) is 0 Å². The fraction of sp³-hybridized carbons (Fsp3) is 0.833. The molecule has 2 aliphatic heterocycles. The van der Waals surface area contributed by atoms with Crippen LogP contribution in [0.4, 0.5) is 4.79 Å². The van der Waals surface area contributed by atoms with E-state index in [0.29, 0.717) is 105 Å². The Labute approximate surface area is 401 Å². The van der Waals surface area contributed by atoms with Crippen molar-refractivity contribution in [3.63, 3.8) is 0 Å². The summed E-state index contributed by atoms with van der Waals surface area (Å²) in [5, 5.41) is 45.9. The van der Waals surface area contributed by atoms with Gasteiger partial charge in [0.1, 0.15) is 23.3 Å². The van der Waals surface area contributed by atoms with E-state index in [1.165, 1.54) is 0 Å². The Morgan fingerprint density at radius 2 is 0.896 bits per heavy atom. The van der Waals surface area contributed by atoms with Crippen molar-refractivity contribution in [1.82, 2.24) is 45.3 Å². The minimum atomic E-state index is -1.22. The van der Waals surface area contributed by atoms with Crippen LogP contribution in [0.2, 0.25) is 0 Å². The summed E-state index contributed by atoms with van der Waals surface area (Å²) in [5.74, 6) is -4.80. The first-order valence-electron chi connectivity index (χ1n) is 22.5. The van der Waals surface area contributed by atoms with Crippen LogP contribution in [0.5, 0.6) is 0 Å². The molecule has 0 bridgehead atoms. The van der Waals surface area contributed by atoms with Crippen LogP contribution in [-0.2, 0) is 43.0 Å². The van der Waals surface area contributed by atoms with Crippen LogP contribution in [0.3, 0.4) is 0 Å². The summed E-state index contributed by atoms with van der Waals surface area (Å²) in [5.41, 5.74) is 4.25. The summed E-state index contributed by atoms with van der Waals surface area (Å²) in [6.07, 6.45) is -1.04. The normalized spacial score (nSPS) is 18.9. The first-order chi connectivity index (χ1) is 30.7. The highest BCUT2D eigenvalue weighted by atomic mass is 35.5. The molecule has 0 aromatic heterocycles. The van der Waals surface area contributed by atoms with Gasteiger partial charge in [0.25, 0.3) is 0 Å². The highest BCUT2D eigenvalue weighted by Gasteiger charge is 2.28. The smallest absolute Gasteiger partial charge is 0.408 e. The Morgan fingerprint density at radius 3 is 1.24 bits per heavy atom. The van der Waals surface area contributed by atoms with Crippen molar-refractivity contribution in [2.75, 3.05) is 144 Å². The second-order valence-electron chi connectivity index (χ2n) is 18.6. The average Bonchev–Trinajstić information content (AvgIpc) is 3.15. The molecule has 0 saturated carbocycles. The number of esters is 2. The van der Waals surface area contributed by atoms with Crippen molar-refractivity contribution in [3.8, 4) is 0 Å². The van der Waals surface area contributed by atoms with E-state index < -0.39 is 53.3 Å².